The Bertz CT molecular complexity index is 860. The number of benzene rings is 2. The summed E-state index contributed by atoms with van der Waals surface area (Å²) < 4.78 is 14.1. The number of aromatic nitrogens is 1. The minimum absolute atomic E-state index is 0.201. The lowest BCUT2D eigenvalue weighted by Gasteiger charge is -2.11. The molecular formula is C17H13FN2O2. The third-order valence-electron chi connectivity index (χ3n) is 3.45. The van der Waals surface area contributed by atoms with E-state index in [1.807, 2.05) is 6.92 Å². The van der Waals surface area contributed by atoms with E-state index in [-0.39, 0.29) is 11.4 Å². The van der Waals surface area contributed by atoms with Crippen molar-refractivity contribution in [3.63, 3.8) is 0 Å². The number of fused-ring (bicyclic) bond motifs is 1. The average Bonchev–Trinajstić information content (AvgIpc) is 2.52. The molecule has 1 aromatic heterocycles. The molecule has 0 amide bonds. The molecule has 0 aliphatic rings. The summed E-state index contributed by atoms with van der Waals surface area (Å²) in [5.74, 6) is -1.33. The summed E-state index contributed by atoms with van der Waals surface area (Å²) in [5, 5.41) is 12.4. The first-order valence-electron chi connectivity index (χ1n) is 6.70. The number of aryl methyl sites for hydroxylation is 1. The number of anilines is 2. The maximum absolute atomic E-state index is 14.1. The number of rotatable bonds is 3. The highest BCUT2D eigenvalue weighted by atomic mass is 19.1. The Hall–Kier alpha value is -2.95. The molecule has 0 fully saturated rings. The van der Waals surface area contributed by atoms with Gasteiger partial charge in [0, 0.05) is 11.9 Å². The lowest BCUT2D eigenvalue weighted by Crippen LogP contribution is -1.98. The normalized spacial score (nSPS) is 10.6. The van der Waals surface area contributed by atoms with Crippen LogP contribution in [0.15, 0.2) is 48.7 Å². The molecule has 0 atom stereocenters. The van der Waals surface area contributed by atoms with Gasteiger partial charge in [0.05, 0.1) is 22.2 Å². The van der Waals surface area contributed by atoms with E-state index in [1.165, 1.54) is 18.2 Å². The van der Waals surface area contributed by atoms with Crippen molar-refractivity contribution in [3.05, 3.63) is 65.6 Å². The largest absolute Gasteiger partial charge is 0.478 e. The molecule has 0 saturated carbocycles. The SMILES string of the molecule is Cc1ccc(F)c2c(Nc3ccc(C(=O)O)cc3)ccnc12. The quantitative estimate of drug-likeness (QED) is 0.763. The van der Waals surface area contributed by atoms with Crippen LogP contribution in [0.5, 0.6) is 0 Å². The Kier molecular flexibility index (Phi) is 3.47. The van der Waals surface area contributed by atoms with Crippen molar-refractivity contribution in [2.24, 2.45) is 0 Å². The third-order valence-corrected chi connectivity index (χ3v) is 3.45. The van der Waals surface area contributed by atoms with Gasteiger partial charge in [-0.25, -0.2) is 9.18 Å². The number of nitrogens with zero attached hydrogens (tertiary/aromatic N) is 1. The zero-order chi connectivity index (χ0) is 15.7. The molecule has 0 saturated heterocycles. The monoisotopic (exact) mass is 296 g/mol. The molecule has 3 rings (SSSR count). The molecule has 3 aromatic rings. The second-order valence-electron chi connectivity index (χ2n) is 4.95. The number of halogens is 1. The molecule has 110 valence electrons. The first-order chi connectivity index (χ1) is 10.6. The summed E-state index contributed by atoms with van der Waals surface area (Å²) >= 11 is 0. The molecule has 1 heterocycles. The predicted molar refractivity (Wildman–Crippen MR) is 83.1 cm³/mol. The average molecular weight is 296 g/mol. The van der Waals surface area contributed by atoms with E-state index in [0.717, 1.165) is 5.56 Å². The van der Waals surface area contributed by atoms with E-state index in [9.17, 15) is 9.18 Å². The first-order valence-corrected chi connectivity index (χ1v) is 6.70. The topological polar surface area (TPSA) is 62.2 Å². The predicted octanol–water partition coefficient (Wildman–Crippen LogP) is 4.12. The molecule has 2 N–H and O–H groups in total. The van der Waals surface area contributed by atoms with Gasteiger partial charge in [0.1, 0.15) is 5.82 Å². The molecule has 22 heavy (non-hydrogen) atoms. The van der Waals surface area contributed by atoms with Gasteiger partial charge < -0.3 is 10.4 Å². The highest BCUT2D eigenvalue weighted by Gasteiger charge is 2.10. The Morgan fingerprint density at radius 2 is 1.86 bits per heavy atom. The maximum atomic E-state index is 14.1. The summed E-state index contributed by atoms with van der Waals surface area (Å²) in [4.78, 5) is 15.1. The molecular weight excluding hydrogens is 283 g/mol. The highest BCUT2D eigenvalue weighted by Crippen LogP contribution is 2.29. The minimum atomic E-state index is -0.984. The molecule has 0 radical (unpaired) electrons. The van der Waals surface area contributed by atoms with Crippen LogP contribution < -0.4 is 5.32 Å². The summed E-state index contributed by atoms with van der Waals surface area (Å²) in [5.41, 5.74) is 2.97. The summed E-state index contributed by atoms with van der Waals surface area (Å²) in [6.45, 7) is 1.88. The molecule has 0 aliphatic carbocycles. The fourth-order valence-electron chi connectivity index (χ4n) is 2.32. The number of pyridine rings is 1. The van der Waals surface area contributed by atoms with Gasteiger partial charge >= 0.3 is 5.97 Å². The third kappa shape index (κ3) is 2.48. The second kappa shape index (κ2) is 5.44. The number of hydrogen-bond acceptors (Lipinski definition) is 3. The van der Waals surface area contributed by atoms with Crippen LogP contribution in [-0.4, -0.2) is 16.1 Å². The van der Waals surface area contributed by atoms with Crippen molar-refractivity contribution in [2.75, 3.05) is 5.32 Å². The highest BCUT2D eigenvalue weighted by molar-refractivity contribution is 5.95. The van der Waals surface area contributed by atoms with Gasteiger partial charge in [-0.05, 0) is 48.9 Å². The van der Waals surface area contributed by atoms with Gasteiger partial charge in [0.15, 0.2) is 0 Å². The van der Waals surface area contributed by atoms with Gasteiger partial charge in [0.2, 0.25) is 0 Å². The number of hydrogen-bond donors (Lipinski definition) is 2. The molecule has 0 aliphatic heterocycles. The summed E-state index contributed by atoms with van der Waals surface area (Å²) in [7, 11) is 0. The Morgan fingerprint density at radius 1 is 1.14 bits per heavy atom. The van der Waals surface area contributed by atoms with Crippen molar-refractivity contribution < 1.29 is 14.3 Å². The Morgan fingerprint density at radius 3 is 2.55 bits per heavy atom. The fourth-order valence-corrected chi connectivity index (χ4v) is 2.32. The van der Waals surface area contributed by atoms with Crippen molar-refractivity contribution in [3.8, 4) is 0 Å². The van der Waals surface area contributed by atoms with Crippen molar-refractivity contribution in [1.29, 1.82) is 0 Å². The molecule has 4 nitrogen and oxygen atoms in total. The van der Waals surface area contributed by atoms with E-state index >= 15 is 0 Å². The standard InChI is InChI=1S/C17H13FN2O2/c1-10-2-7-13(18)15-14(8-9-19-16(10)15)20-12-5-3-11(4-6-12)17(21)22/h2-9H,1H3,(H,19,20)(H,21,22). The van der Waals surface area contributed by atoms with Crippen molar-refractivity contribution >= 4 is 28.2 Å². The fraction of sp³-hybridized carbons (Fsp3) is 0.0588. The van der Waals surface area contributed by atoms with Crippen LogP contribution in [0.1, 0.15) is 15.9 Å². The van der Waals surface area contributed by atoms with Crippen LogP contribution >= 0.6 is 0 Å². The molecule has 0 bridgehead atoms. The zero-order valence-electron chi connectivity index (χ0n) is 11.8. The minimum Gasteiger partial charge on any atom is -0.478 e. The lowest BCUT2D eigenvalue weighted by atomic mass is 10.1. The molecule has 0 unspecified atom stereocenters. The zero-order valence-corrected chi connectivity index (χ0v) is 11.8. The second-order valence-corrected chi connectivity index (χ2v) is 4.95. The van der Waals surface area contributed by atoms with E-state index in [1.54, 1.807) is 30.5 Å². The smallest absolute Gasteiger partial charge is 0.335 e. The number of carboxylic acids is 1. The number of aromatic carboxylic acids is 1. The van der Waals surface area contributed by atoms with E-state index < -0.39 is 5.97 Å². The van der Waals surface area contributed by atoms with Crippen molar-refractivity contribution in [2.45, 2.75) is 6.92 Å². The molecule has 2 aromatic carbocycles. The van der Waals surface area contributed by atoms with Crippen LogP contribution in [0.4, 0.5) is 15.8 Å². The van der Waals surface area contributed by atoms with Gasteiger partial charge in [-0.2, -0.15) is 0 Å². The molecule has 0 spiro atoms. The van der Waals surface area contributed by atoms with Gasteiger partial charge in [0.25, 0.3) is 0 Å². The lowest BCUT2D eigenvalue weighted by molar-refractivity contribution is 0.0697. The van der Waals surface area contributed by atoms with Crippen LogP contribution in [0.25, 0.3) is 10.9 Å². The van der Waals surface area contributed by atoms with E-state index in [4.69, 9.17) is 5.11 Å². The van der Waals surface area contributed by atoms with Crippen LogP contribution in [0, 0.1) is 12.7 Å². The van der Waals surface area contributed by atoms with Gasteiger partial charge in [-0.15, -0.1) is 0 Å². The van der Waals surface area contributed by atoms with Gasteiger partial charge in [-0.1, -0.05) is 6.07 Å². The van der Waals surface area contributed by atoms with Crippen molar-refractivity contribution in [1.82, 2.24) is 4.98 Å². The Balaban J connectivity index is 2.04. The van der Waals surface area contributed by atoms with E-state index in [0.29, 0.717) is 22.3 Å². The summed E-state index contributed by atoms with van der Waals surface area (Å²) in [6, 6.07) is 11.1. The first kappa shape index (κ1) is 14.0. The number of carboxylic acid groups (broad SMARTS) is 1. The van der Waals surface area contributed by atoms with Gasteiger partial charge in [-0.3, -0.25) is 4.98 Å². The maximum Gasteiger partial charge on any atom is 0.335 e. The molecule has 5 heteroatoms. The number of carbonyl (C=O) groups is 1. The Labute approximate surface area is 126 Å². The summed E-state index contributed by atoms with van der Waals surface area (Å²) in [6.07, 6.45) is 1.61. The van der Waals surface area contributed by atoms with E-state index in [2.05, 4.69) is 10.3 Å². The van der Waals surface area contributed by atoms with Crippen LogP contribution in [-0.2, 0) is 0 Å². The van der Waals surface area contributed by atoms with Crippen LogP contribution in [0.3, 0.4) is 0 Å². The number of nitrogens with one attached hydrogen (secondary N) is 1. The van der Waals surface area contributed by atoms with Crippen LogP contribution in [0.2, 0.25) is 0 Å².